The summed E-state index contributed by atoms with van der Waals surface area (Å²) in [5, 5.41) is 13.0. The molecule has 0 saturated carbocycles. The lowest BCUT2D eigenvalue weighted by molar-refractivity contribution is 0.0165. The summed E-state index contributed by atoms with van der Waals surface area (Å²) in [5.41, 5.74) is 6.60. The molecule has 0 amide bonds. The second-order valence-corrected chi connectivity index (χ2v) is 5.49. The van der Waals surface area contributed by atoms with Crippen LogP contribution >= 0.6 is 0 Å². The van der Waals surface area contributed by atoms with Crippen LogP contribution < -0.4 is 20.5 Å². The van der Waals surface area contributed by atoms with Crippen molar-refractivity contribution < 1.29 is 19.3 Å². The maximum absolute atomic E-state index is 10.1. The zero-order valence-corrected chi connectivity index (χ0v) is 14.2. The maximum atomic E-state index is 10.1. The number of guanidine groups is 1. The summed E-state index contributed by atoms with van der Waals surface area (Å²) < 4.78 is 15.7. The second kappa shape index (κ2) is 9.31. The molecule has 1 aromatic rings. The van der Waals surface area contributed by atoms with E-state index >= 15 is 0 Å². The number of ether oxygens (including phenoxy) is 3. The molecule has 0 bridgehead atoms. The van der Waals surface area contributed by atoms with E-state index in [2.05, 4.69) is 15.2 Å². The third-order valence-corrected chi connectivity index (χ3v) is 3.70. The Morgan fingerprint density at radius 3 is 2.71 bits per heavy atom. The molecule has 0 radical (unpaired) electrons. The quantitative estimate of drug-likeness (QED) is 0.479. The fraction of sp³-hybridized carbons (Fsp3) is 0.562. The number of anilines is 1. The van der Waals surface area contributed by atoms with Gasteiger partial charge in [0.1, 0.15) is 0 Å². The molecule has 0 aromatic heterocycles. The average molecular weight is 338 g/mol. The highest BCUT2D eigenvalue weighted by Gasteiger charge is 2.14. The minimum atomic E-state index is -0.561. The summed E-state index contributed by atoms with van der Waals surface area (Å²) in [4.78, 5) is 6.34. The number of hydrogen-bond acceptors (Lipinski definition) is 6. The highest BCUT2D eigenvalue weighted by Crippen LogP contribution is 2.29. The Balaban J connectivity index is 1.84. The Morgan fingerprint density at radius 2 is 2.04 bits per heavy atom. The predicted octanol–water partition coefficient (Wildman–Crippen LogP) is 0.124. The number of β-amino-alcohol motifs (C(OH)–C–C–N with tert-alkyl or cyclic N) is 1. The molecule has 8 heteroatoms. The first-order chi connectivity index (χ1) is 11.6. The number of benzene rings is 1. The first-order valence-electron chi connectivity index (χ1n) is 7.89. The summed E-state index contributed by atoms with van der Waals surface area (Å²) in [6, 6.07) is 5.36. The molecular formula is C16H26N4O4. The van der Waals surface area contributed by atoms with Crippen molar-refractivity contribution in [1.29, 1.82) is 0 Å². The van der Waals surface area contributed by atoms with Gasteiger partial charge in [0.2, 0.25) is 0 Å². The van der Waals surface area contributed by atoms with Crippen LogP contribution in [-0.2, 0) is 4.74 Å². The molecule has 24 heavy (non-hydrogen) atoms. The Labute approximate surface area is 142 Å². The van der Waals surface area contributed by atoms with E-state index in [-0.39, 0.29) is 12.5 Å². The number of hydrogen-bond donors (Lipinski definition) is 3. The average Bonchev–Trinajstić information content (AvgIpc) is 2.60. The fourth-order valence-corrected chi connectivity index (χ4v) is 2.44. The molecule has 8 nitrogen and oxygen atoms in total. The summed E-state index contributed by atoms with van der Waals surface area (Å²) in [6.45, 7) is 3.89. The van der Waals surface area contributed by atoms with Crippen LogP contribution in [0.15, 0.2) is 23.2 Å². The van der Waals surface area contributed by atoms with Gasteiger partial charge in [-0.2, -0.15) is 0 Å². The van der Waals surface area contributed by atoms with Crippen molar-refractivity contribution in [3.8, 4) is 11.5 Å². The van der Waals surface area contributed by atoms with Gasteiger partial charge in [-0.15, -0.1) is 0 Å². The van der Waals surface area contributed by atoms with Gasteiger partial charge in [-0.3, -0.25) is 9.89 Å². The number of methoxy groups -OCH3 is 2. The summed E-state index contributed by atoms with van der Waals surface area (Å²) in [7, 11) is 3.15. The Kier molecular flexibility index (Phi) is 7.10. The van der Waals surface area contributed by atoms with Crippen LogP contribution in [0, 0.1) is 0 Å². The van der Waals surface area contributed by atoms with E-state index in [4.69, 9.17) is 19.9 Å². The minimum absolute atomic E-state index is 0.239. The molecule has 1 aromatic carbocycles. The normalized spacial score (nSPS) is 17.4. The molecule has 1 atom stereocenters. The SMILES string of the molecule is COc1ccc(NC(N)=NCC(O)CN2CCOCC2)cc1OC. The molecule has 2 rings (SSSR count). The molecule has 1 aliphatic rings. The van der Waals surface area contributed by atoms with Crippen LogP contribution in [0.1, 0.15) is 0 Å². The van der Waals surface area contributed by atoms with Crippen molar-refractivity contribution in [3.05, 3.63) is 18.2 Å². The van der Waals surface area contributed by atoms with Crippen molar-refractivity contribution in [2.24, 2.45) is 10.7 Å². The van der Waals surface area contributed by atoms with Gasteiger partial charge >= 0.3 is 0 Å². The number of aliphatic hydroxyl groups excluding tert-OH is 1. The number of nitrogens with two attached hydrogens (primary N) is 1. The minimum Gasteiger partial charge on any atom is -0.493 e. The van der Waals surface area contributed by atoms with E-state index in [1.54, 1.807) is 26.4 Å². The van der Waals surface area contributed by atoms with Gasteiger partial charge in [0.25, 0.3) is 0 Å². The molecule has 1 heterocycles. The number of morpholine rings is 1. The molecule has 1 fully saturated rings. The number of nitrogens with zero attached hydrogens (tertiary/aromatic N) is 2. The van der Waals surface area contributed by atoms with Crippen molar-refractivity contribution in [2.75, 3.05) is 58.9 Å². The lowest BCUT2D eigenvalue weighted by atomic mass is 10.2. The van der Waals surface area contributed by atoms with Crippen LogP contribution in [0.3, 0.4) is 0 Å². The Bertz CT molecular complexity index is 547. The van der Waals surface area contributed by atoms with E-state index in [1.807, 2.05) is 6.07 Å². The number of aliphatic hydroxyl groups is 1. The lowest BCUT2D eigenvalue weighted by Crippen LogP contribution is -2.42. The van der Waals surface area contributed by atoms with E-state index in [0.717, 1.165) is 18.8 Å². The molecule has 1 unspecified atom stereocenters. The van der Waals surface area contributed by atoms with E-state index in [1.165, 1.54) is 0 Å². The monoisotopic (exact) mass is 338 g/mol. The summed E-state index contributed by atoms with van der Waals surface area (Å²) in [5.74, 6) is 1.48. The van der Waals surface area contributed by atoms with Crippen LogP contribution in [-0.4, -0.2) is 75.7 Å². The highest BCUT2D eigenvalue weighted by molar-refractivity contribution is 5.92. The predicted molar refractivity (Wildman–Crippen MR) is 92.9 cm³/mol. The zero-order chi connectivity index (χ0) is 17.4. The molecule has 0 aliphatic carbocycles. The first kappa shape index (κ1) is 18.3. The maximum Gasteiger partial charge on any atom is 0.193 e. The van der Waals surface area contributed by atoms with Crippen LogP contribution in [0.2, 0.25) is 0 Å². The Morgan fingerprint density at radius 1 is 1.33 bits per heavy atom. The zero-order valence-electron chi connectivity index (χ0n) is 14.2. The van der Waals surface area contributed by atoms with Crippen LogP contribution in [0.25, 0.3) is 0 Å². The van der Waals surface area contributed by atoms with Gasteiger partial charge in [-0.25, -0.2) is 0 Å². The van der Waals surface area contributed by atoms with Gasteiger partial charge in [-0.1, -0.05) is 0 Å². The molecule has 134 valence electrons. The lowest BCUT2D eigenvalue weighted by Gasteiger charge is -2.28. The third kappa shape index (κ3) is 5.55. The van der Waals surface area contributed by atoms with Crippen LogP contribution in [0.4, 0.5) is 5.69 Å². The topological polar surface area (TPSA) is 102 Å². The van der Waals surface area contributed by atoms with Crippen LogP contribution in [0.5, 0.6) is 11.5 Å². The summed E-state index contributed by atoms with van der Waals surface area (Å²) >= 11 is 0. The smallest absolute Gasteiger partial charge is 0.193 e. The number of rotatable bonds is 7. The van der Waals surface area contributed by atoms with Gasteiger partial charge in [0.15, 0.2) is 17.5 Å². The number of aliphatic imine (C=N–C) groups is 1. The highest BCUT2D eigenvalue weighted by atomic mass is 16.5. The second-order valence-electron chi connectivity index (χ2n) is 5.49. The summed E-state index contributed by atoms with van der Waals surface area (Å²) in [6.07, 6.45) is -0.561. The van der Waals surface area contributed by atoms with Crippen molar-refractivity contribution in [1.82, 2.24) is 4.90 Å². The molecular weight excluding hydrogens is 312 g/mol. The number of nitrogens with one attached hydrogen (secondary N) is 1. The van der Waals surface area contributed by atoms with Gasteiger partial charge in [0, 0.05) is 31.4 Å². The molecule has 1 saturated heterocycles. The molecule has 0 spiro atoms. The fourth-order valence-electron chi connectivity index (χ4n) is 2.44. The van der Waals surface area contributed by atoms with E-state index < -0.39 is 6.10 Å². The van der Waals surface area contributed by atoms with Gasteiger partial charge in [-0.05, 0) is 12.1 Å². The van der Waals surface area contributed by atoms with Gasteiger partial charge < -0.3 is 30.4 Å². The van der Waals surface area contributed by atoms with Gasteiger partial charge in [0.05, 0.1) is 40.1 Å². The Hall–Kier alpha value is -2.03. The third-order valence-electron chi connectivity index (χ3n) is 3.70. The van der Waals surface area contributed by atoms with Crippen molar-refractivity contribution in [3.63, 3.8) is 0 Å². The standard InChI is InChI=1S/C16H26N4O4/c1-22-14-4-3-12(9-15(14)23-2)19-16(17)18-10-13(21)11-20-5-7-24-8-6-20/h3-4,9,13,21H,5-8,10-11H2,1-2H3,(H3,17,18,19). The van der Waals surface area contributed by atoms with E-state index in [9.17, 15) is 5.11 Å². The first-order valence-corrected chi connectivity index (χ1v) is 7.89. The largest absolute Gasteiger partial charge is 0.493 e. The van der Waals surface area contributed by atoms with E-state index in [0.29, 0.717) is 31.3 Å². The molecule has 1 aliphatic heterocycles. The molecule has 4 N–H and O–H groups in total. The van der Waals surface area contributed by atoms with Crippen molar-refractivity contribution in [2.45, 2.75) is 6.10 Å². The van der Waals surface area contributed by atoms with Crippen molar-refractivity contribution >= 4 is 11.6 Å².